The zero-order chi connectivity index (χ0) is 21.0. The number of methoxy groups -OCH3 is 2. The number of hydrogen-bond donors (Lipinski definition) is 1. The van der Waals surface area contributed by atoms with Crippen LogP contribution in [0.15, 0.2) is 29.5 Å². The van der Waals surface area contributed by atoms with Gasteiger partial charge in [-0.1, -0.05) is 0 Å². The standard InChI is InChI=1S/C21H28N2O6/c1-14(24)18-19(16-13-15(27-2)5-6-17(16)28-3)23(21(26)20(18)25)8-4-7-22-9-11-29-12-10-22/h5-6,13,19,25H,4,7-12H2,1-3H3. The number of carbonyl (C=O) groups excluding carboxylic acids is 2. The molecule has 1 N–H and O–H groups in total. The van der Waals surface area contributed by atoms with E-state index in [1.807, 2.05) is 0 Å². The molecule has 1 unspecified atom stereocenters. The van der Waals surface area contributed by atoms with E-state index in [0.29, 0.717) is 43.2 Å². The minimum absolute atomic E-state index is 0.0907. The summed E-state index contributed by atoms with van der Waals surface area (Å²) in [6.45, 7) is 5.72. The van der Waals surface area contributed by atoms with Gasteiger partial charge < -0.3 is 24.2 Å². The van der Waals surface area contributed by atoms with Gasteiger partial charge in [-0.15, -0.1) is 0 Å². The van der Waals surface area contributed by atoms with E-state index in [1.54, 1.807) is 30.2 Å². The topological polar surface area (TPSA) is 88.5 Å². The first kappa shape index (κ1) is 21.1. The second-order valence-electron chi connectivity index (χ2n) is 7.13. The molecule has 0 aromatic heterocycles. The fraction of sp³-hybridized carbons (Fsp3) is 0.524. The summed E-state index contributed by atoms with van der Waals surface area (Å²) in [6.07, 6.45) is 0.715. The number of ether oxygens (including phenoxy) is 3. The van der Waals surface area contributed by atoms with Crippen molar-refractivity contribution >= 4 is 11.7 Å². The molecule has 1 aromatic carbocycles. The lowest BCUT2D eigenvalue weighted by atomic mass is 9.95. The lowest BCUT2D eigenvalue weighted by molar-refractivity contribution is -0.129. The molecule has 0 radical (unpaired) electrons. The summed E-state index contributed by atoms with van der Waals surface area (Å²) in [7, 11) is 3.08. The van der Waals surface area contributed by atoms with Crippen molar-refractivity contribution < 1.29 is 28.9 Å². The summed E-state index contributed by atoms with van der Waals surface area (Å²) in [4.78, 5) is 28.9. The molecule has 2 aliphatic rings. The van der Waals surface area contributed by atoms with Gasteiger partial charge in [0.1, 0.15) is 11.5 Å². The van der Waals surface area contributed by atoms with Crippen molar-refractivity contribution in [1.29, 1.82) is 0 Å². The van der Waals surface area contributed by atoms with E-state index < -0.39 is 17.7 Å². The molecule has 3 rings (SSSR count). The Morgan fingerprint density at radius 3 is 2.55 bits per heavy atom. The average molecular weight is 404 g/mol. The van der Waals surface area contributed by atoms with Crippen LogP contribution in [-0.4, -0.2) is 80.2 Å². The number of hydrogen-bond acceptors (Lipinski definition) is 7. The number of ketones is 1. The number of rotatable bonds is 8. The van der Waals surface area contributed by atoms with E-state index in [-0.39, 0.29) is 11.4 Å². The first-order valence-electron chi connectivity index (χ1n) is 9.75. The number of benzene rings is 1. The quantitative estimate of drug-likeness (QED) is 0.706. The predicted octanol–water partition coefficient (Wildman–Crippen LogP) is 1.71. The summed E-state index contributed by atoms with van der Waals surface area (Å²) < 4.78 is 16.2. The molecule has 1 atom stereocenters. The number of aliphatic hydroxyl groups is 1. The first-order valence-corrected chi connectivity index (χ1v) is 9.75. The number of nitrogens with zero attached hydrogens (tertiary/aromatic N) is 2. The predicted molar refractivity (Wildman–Crippen MR) is 106 cm³/mol. The van der Waals surface area contributed by atoms with Crippen molar-refractivity contribution in [2.45, 2.75) is 19.4 Å². The molecule has 0 saturated carbocycles. The minimum atomic E-state index is -0.713. The molecule has 29 heavy (non-hydrogen) atoms. The van der Waals surface area contributed by atoms with E-state index in [0.717, 1.165) is 19.6 Å². The highest BCUT2D eigenvalue weighted by atomic mass is 16.5. The van der Waals surface area contributed by atoms with Crippen LogP contribution in [0.2, 0.25) is 0 Å². The van der Waals surface area contributed by atoms with Gasteiger partial charge in [0.05, 0.1) is 39.0 Å². The van der Waals surface area contributed by atoms with Crippen molar-refractivity contribution in [3.05, 3.63) is 35.1 Å². The monoisotopic (exact) mass is 404 g/mol. The maximum atomic E-state index is 12.8. The smallest absolute Gasteiger partial charge is 0.290 e. The number of morpholine rings is 1. The number of Topliss-reactive ketones (excluding diaryl/α,β-unsaturated/α-hetero) is 1. The summed E-state index contributed by atoms with van der Waals surface area (Å²) in [5, 5.41) is 10.4. The lowest BCUT2D eigenvalue weighted by Gasteiger charge is -2.30. The molecule has 2 aliphatic heterocycles. The van der Waals surface area contributed by atoms with Gasteiger partial charge in [-0.05, 0) is 31.5 Å². The molecule has 0 bridgehead atoms. The van der Waals surface area contributed by atoms with Crippen molar-refractivity contribution in [2.75, 3.05) is 53.6 Å². The van der Waals surface area contributed by atoms with Crippen LogP contribution in [0.5, 0.6) is 11.5 Å². The molecule has 8 nitrogen and oxygen atoms in total. The van der Waals surface area contributed by atoms with Gasteiger partial charge in [-0.3, -0.25) is 14.5 Å². The molecule has 1 saturated heterocycles. The Balaban J connectivity index is 1.88. The maximum absolute atomic E-state index is 12.8. The Hall–Kier alpha value is -2.58. The van der Waals surface area contributed by atoms with Crippen LogP contribution in [0.3, 0.4) is 0 Å². The summed E-state index contributed by atoms with van der Waals surface area (Å²) in [5.74, 6) is -0.266. The average Bonchev–Trinajstić information content (AvgIpc) is 2.99. The Morgan fingerprint density at radius 1 is 1.21 bits per heavy atom. The van der Waals surface area contributed by atoms with E-state index in [1.165, 1.54) is 14.0 Å². The Labute approximate surface area is 170 Å². The second kappa shape index (κ2) is 9.28. The summed E-state index contributed by atoms with van der Waals surface area (Å²) in [6, 6.07) is 4.51. The van der Waals surface area contributed by atoms with Crippen LogP contribution in [0, 0.1) is 0 Å². The Kier molecular flexibility index (Phi) is 6.76. The highest BCUT2D eigenvalue weighted by molar-refractivity contribution is 6.08. The van der Waals surface area contributed by atoms with Crippen LogP contribution in [-0.2, 0) is 14.3 Å². The molecule has 0 aliphatic carbocycles. The molecular weight excluding hydrogens is 376 g/mol. The van der Waals surface area contributed by atoms with E-state index in [4.69, 9.17) is 14.2 Å². The van der Waals surface area contributed by atoms with Crippen LogP contribution in [0.25, 0.3) is 0 Å². The molecule has 1 amide bonds. The number of carbonyl (C=O) groups is 2. The molecule has 1 aromatic rings. The maximum Gasteiger partial charge on any atom is 0.290 e. The van der Waals surface area contributed by atoms with Crippen molar-refractivity contribution in [3.8, 4) is 11.5 Å². The third-order valence-electron chi connectivity index (χ3n) is 5.39. The fourth-order valence-electron chi connectivity index (χ4n) is 3.91. The molecule has 2 heterocycles. The largest absolute Gasteiger partial charge is 0.503 e. The van der Waals surface area contributed by atoms with Crippen LogP contribution in [0.1, 0.15) is 24.9 Å². The summed E-state index contributed by atoms with van der Waals surface area (Å²) >= 11 is 0. The molecule has 1 fully saturated rings. The highest BCUT2D eigenvalue weighted by Crippen LogP contribution is 2.42. The van der Waals surface area contributed by atoms with Crippen molar-refractivity contribution in [1.82, 2.24) is 9.80 Å². The normalized spacial score (nSPS) is 20.3. The number of aliphatic hydroxyl groups excluding tert-OH is 1. The van der Waals surface area contributed by atoms with Crippen LogP contribution < -0.4 is 9.47 Å². The van der Waals surface area contributed by atoms with Gasteiger partial charge in [0.25, 0.3) is 5.91 Å². The van der Waals surface area contributed by atoms with Gasteiger partial charge in [-0.25, -0.2) is 0 Å². The van der Waals surface area contributed by atoms with Gasteiger partial charge >= 0.3 is 0 Å². The van der Waals surface area contributed by atoms with Crippen molar-refractivity contribution in [2.24, 2.45) is 0 Å². The molecule has 0 spiro atoms. The zero-order valence-electron chi connectivity index (χ0n) is 17.1. The zero-order valence-corrected chi connectivity index (χ0v) is 17.1. The third-order valence-corrected chi connectivity index (χ3v) is 5.39. The van der Waals surface area contributed by atoms with E-state index in [9.17, 15) is 14.7 Å². The van der Waals surface area contributed by atoms with E-state index >= 15 is 0 Å². The van der Waals surface area contributed by atoms with Crippen LogP contribution >= 0.6 is 0 Å². The van der Waals surface area contributed by atoms with E-state index in [2.05, 4.69) is 4.90 Å². The Bertz CT molecular complexity index is 800. The Morgan fingerprint density at radius 2 is 1.93 bits per heavy atom. The SMILES string of the molecule is COc1ccc(OC)c(C2C(C(C)=O)=C(O)C(=O)N2CCCN2CCOCC2)c1. The fourth-order valence-corrected chi connectivity index (χ4v) is 3.91. The lowest BCUT2D eigenvalue weighted by Crippen LogP contribution is -2.39. The highest BCUT2D eigenvalue weighted by Gasteiger charge is 2.43. The van der Waals surface area contributed by atoms with Gasteiger partial charge in [0.2, 0.25) is 0 Å². The molecule has 8 heteroatoms. The summed E-state index contributed by atoms with van der Waals surface area (Å²) in [5.41, 5.74) is 0.703. The van der Waals surface area contributed by atoms with Crippen molar-refractivity contribution in [3.63, 3.8) is 0 Å². The minimum Gasteiger partial charge on any atom is -0.503 e. The molecular formula is C21H28N2O6. The van der Waals surface area contributed by atoms with Gasteiger partial charge in [-0.2, -0.15) is 0 Å². The second-order valence-corrected chi connectivity index (χ2v) is 7.13. The van der Waals surface area contributed by atoms with Gasteiger partial charge in [0, 0.05) is 31.7 Å². The van der Waals surface area contributed by atoms with Crippen LogP contribution in [0.4, 0.5) is 0 Å². The third kappa shape index (κ3) is 4.38. The van der Waals surface area contributed by atoms with Gasteiger partial charge in [0.15, 0.2) is 11.5 Å². The first-order chi connectivity index (χ1) is 14.0. The number of amides is 1. The molecule has 158 valence electrons.